The minimum Gasteiger partial charge on any atom is -0.271 e. The molecule has 0 aliphatic rings. The van der Waals surface area contributed by atoms with Crippen LogP contribution in [-0.4, -0.2) is 15.8 Å². The Morgan fingerprint density at radius 3 is 2.75 bits per heavy atom. The number of aromatic nitrogens is 2. The first-order valence-corrected chi connectivity index (χ1v) is 7.24. The van der Waals surface area contributed by atoms with E-state index in [0.29, 0.717) is 0 Å². The van der Waals surface area contributed by atoms with Crippen molar-refractivity contribution in [3.8, 4) is 0 Å². The molecule has 2 aromatic rings. The van der Waals surface area contributed by atoms with E-state index < -0.39 is 0 Å². The zero-order chi connectivity index (χ0) is 14.5. The van der Waals surface area contributed by atoms with E-state index in [1.807, 2.05) is 35.9 Å². The van der Waals surface area contributed by atoms with E-state index in [1.165, 1.54) is 5.69 Å². The predicted molar refractivity (Wildman–Crippen MR) is 82.6 cm³/mol. The van der Waals surface area contributed by atoms with E-state index in [1.54, 1.807) is 0 Å². The van der Waals surface area contributed by atoms with Gasteiger partial charge in [-0.15, -0.1) is 0 Å². The molecule has 3 N–H and O–H groups in total. The number of nitrogens with zero attached hydrogens (tertiary/aromatic N) is 2. The molecule has 1 heterocycles. The first-order valence-electron chi connectivity index (χ1n) is 6.87. The second-order valence-corrected chi connectivity index (χ2v) is 5.36. The monoisotopic (exact) mass is 292 g/mol. The molecule has 0 saturated heterocycles. The summed E-state index contributed by atoms with van der Waals surface area (Å²) in [6.45, 7) is 4.97. The second kappa shape index (κ2) is 6.88. The van der Waals surface area contributed by atoms with Crippen LogP contribution in [0.3, 0.4) is 0 Å². The summed E-state index contributed by atoms with van der Waals surface area (Å²) in [5.74, 6) is 5.69. The fraction of sp³-hybridized carbons (Fsp3) is 0.400. The quantitative estimate of drug-likeness (QED) is 0.635. The van der Waals surface area contributed by atoms with E-state index in [2.05, 4.69) is 23.5 Å². The van der Waals surface area contributed by atoms with Crippen molar-refractivity contribution in [2.24, 2.45) is 5.84 Å². The third kappa shape index (κ3) is 3.60. The molecular weight excluding hydrogens is 272 g/mol. The van der Waals surface area contributed by atoms with E-state index in [9.17, 15) is 0 Å². The minimum absolute atomic E-state index is 0.135. The van der Waals surface area contributed by atoms with Crippen molar-refractivity contribution in [3.05, 3.63) is 52.3 Å². The van der Waals surface area contributed by atoms with Gasteiger partial charge in [0.15, 0.2) is 0 Å². The lowest BCUT2D eigenvalue weighted by Crippen LogP contribution is -2.39. The van der Waals surface area contributed by atoms with E-state index in [-0.39, 0.29) is 6.04 Å². The fourth-order valence-corrected chi connectivity index (χ4v) is 2.62. The Labute approximate surface area is 124 Å². The van der Waals surface area contributed by atoms with Crippen LogP contribution >= 0.6 is 11.6 Å². The summed E-state index contributed by atoms with van der Waals surface area (Å²) >= 11 is 6.20. The van der Waals surface area contributed by atoms with Crippen molar-refractivity contribution < 1.29 is 0 Å². The highest BCUT2D eigenvalue weighted by molar-refractivity contribution is 6.31. The standard InChI is InChI=1S/C15H21ClN4/c1-3-20-14(8-11(2)19-20)10-13(18-17)9-12-6-4-5-7-15(12)16/h4-8,13,18H,3,9-10,17H2,1-2H3. The van der Waals surface area contributed by atoms with Crippen LogP contribution in [0, 0.1) is 6.92 Å². The Morgan fingerprint density at radius 1 is 1.35 bits per heavy atom. The molecule has 5 heteroatoms. The smallest absolute Gasteiger partial charge is 0.0596 e. The molecule has 4 nitrogen and oxygen atoms in total. The number of aryl methyl sites for hydroxylation is 2. The van der Waals surface area contributed by atoms with Gasteiger partial charge >= 0.3 is 0 Å². The van der Waals surface area contributed by atoms with E-state index in [0.717, 1.165) is 35.7 Å². The maximum atomic E-state index is 6.20. The van der Waals surface area contributed by atoms with Crippen molar-refractivity contribution in [2.75, 3.05) is 0 Å². The Bertz CT molecular complexity index is 565. The summed E-state index contributed by atoms with van der Waals surface area (Å²) in [4.78, 5) is 0. The largest absolute Gasteiger partial charge is 0.271 e. The van der Waals surface area contributed by atoms with Crippen LogP contribution in [-0.2, 0) is 19.4 Å². The molecule has 1 unspecified atom stereocenters. The molecule has 2 rings (SSSR count). The van der Waals surface area contributed by atoms with Crippen molar-refractivity contribution in [1.82, 2.24) is 15.2 Å². The SMILES string of the molecule is CCn1nc(C)cc1CC(Cc1ccccc1Cl)NN. The van der Waals surface area contributed by atoms with Crippen LogP contribution in [0.1, 0.15) is 23.9 Å². The first-order chi connectivity index (χ1) is 9.63. The van der Waals surface area contributed by atoms with Crippen LogP contribution in [0.15, 0.2) is 30.3 Å². The molecule has 0 aliphatic heterocycles. The molecule has 0 amide bonds. The third-order valence-corrected chi connectivity index (χ3v) is 3.77. The van der Waals surface area contributed by atoms with Gasteiger partial charge in [-0.2, -0.15) is 5.10 Å². The Kier molecular flexibility index (Phi) is 5.17. The summed E-state index contributed by atoms with van der Waals surface area (Å²) in [7, 11) is 0. The van der Waals surface area contributed by atoms with Crippen LogP contribution in [0.5, 0.6) is 0 Å². The number of benzene rings is 1. The molecule has 1 aromatic heterocycles. The number of nitrogens with one attached hydrogen (secondary N) is 1. The highest BCUT2D eigenvalue weighted by Gasteiger charge is 2.14. The summed E-state index contributed by atoms with van der Waals surface area (Å²) in [5.41, 5.74) is 6.23. The molecule has 20 heavy (non-hydrogen) atoms. The molecule has 0 bridgehead atoms. The Hall–Kier alpha value is -1.36. The Morgan fingerprint density at radius 2 is 2.10 bits per heavy atom. The second-order valence-electron chi connectivity index (χ2n) is 4.96. The zero-order valence-electron chi connectivity index (χ0n) is 11.9. The van der Waals surface area contributed by atoms with E-state index >= 15 is 0 Å². The maximum absolute atomic E-state index is 6.20. The van der Waals surface area contributed by atoms with Gasteiger partial charge in [0, 0.05) is 29.7 Å². The first kappa shape index (κ1) is 15.0. The number of hydrogen-bond acceptors (Lipinski definition) is 3. The van der Waals surface area contributed by atoms with Gasteiger partial charge in [-0.25, -0.2) is 0 Å². The van der Waals surface area contributed by atoms with Crippen LogP contribution in [0.25, 0.3) is 0 Å². The maximum Gasteiger partial charge on any atom is 0.0596 e. The minimum atomic E-state index is 0.135. The molecule has 0 aliphatic carbocycles. The summed E-state index contributed by atoms with van der Waals surface area (Å²) in [6, 6.07) is 10.1. The number of nitrogens with two attached hydrogens (primary N) is 1. The third-order valence-electron chi connectivity index (χ3n) is 3.40. The van der Waals surface area contributed by atoms with Gasteiger partial charge < -0.3 is 0 Å². The Balaban J connectivity index is 2.11. The van der Waals surface area contributed by atoms with Gasteiger partial charge in [0.2, 0.25) is 0 Å². The average molecular weight is 293 g/mol. The summed E-state index contributed by atoms with van der Waals surface area (Å²) < 4.78 is 2.02. The summed E-state index contributed by atoms with van der Waals surface area (Å²) in [6.07, 6.45) is 1.63. The fourth-order valence-electron chi connectivity index (χ4n) is 2.41. The number of hydrogen-bond donors (Lipinski definition) is 2. The molecular formula is C15H21ClN4. The number of halogens is 1. The van der Waals surface area contributed by atoms with Gasteiger partial charge in [0.1, 0.15) is 0 Å². The van der Waals surface area contributed by atoms with Gasteiger partial charge in [-0.1, -0.05) is 29.8 Å². The molecule has 1 atom stereocenters. The van der Waals surface area contributed by atoms with Crippen molar-refractivity contribution in [2.45, 2.75) is 39.3 Å². The lowest BCUT2D eigenvalue weighted by molar-refractivity contribution is 0.496. The van der Waals surface area contributed by atoms with E-state index in [4.69, 9.17) is 17.4 Å². The van der Waals surface area contributed by atoms with Crippen molar-refractivity contribution in [1.29, 1.82) is 0 Å². The molecule has 0 radical (unpaired) electrons. The molecule has 1 aromatic carbocycles. The van der Waals surface area contributed by atoms with Gasteiger partial charge in [0.25, 0.3) is 0 Å². The molecule has 0 spiro atoms. The zero-order valence-corrected chi connectivity index (χ0v) is 12.7. The highest BCUT2D eigenvalue weighted by Crippen LogP contribution is 2.18. The lowest BCUT2D eigenvalue weighted by atomic mass is 10.0. The van der Waals surface area contributed by atoms with Gasteiger partial charge in [-0.05, 0) is 38.0 Å². The lowest BCUT2D eigenvalue weighted by Gasteiger charge is -2.17. The van der Waals surface area contributed by atoms with Crippen molar-refractivity contribution in [3.63, 3.8) is 0 Å². The molecule has 0 saturated carbocycles. The number of rotatable bonds is 6. The van der Waals surface area contributed by atoms with Crippen molar-refractivity contribution >= 4 is 11.6 Å². The number of hydrazine groups is 1. The normalized spacial score (nSPS) is 12.6. The van der Waals surface area contributed by atoms with Crippen LogP contribution in [0.4, 0.5) is 0 Å². The van der Waals surface area contributed by atoms with Crippen LogP contribution in [0.2, 0.25) is 5.02 Å². The molecule has 0 fully saturated rings. The summed E-state index contributed by atoms with van der Waals surface area (Å²) in [5, 5.41) is 5.25. The topological polar surface area (TPSA) is 55.9 Å². The van der Waals surface area contributed by atoms with Crippen LogP contribution < -0.4 is 11.3 Å². The molecule has 108 valence electrons. The van der Waals surface area contributed by atoms with Gasteiger partial charge in [-0.3, -0.25) is 16.0 Å². The highest BCUT2D eigenvalue weighted by atomic mass is 35.5. The average Bonchev–Trinajstić information content (AvgIpc) is 2.80. The van der Waals surface area contributed by atoms with Gasteiger partial charge in [0.05, 0.1) is 5.69 Å². The predicted octanol–water partition coefficient (Wildman–Crippen LogP) is 2.48.